The van der Waals surface area contributed by atoms with Gasteiger partial charge in [0.25, 0.3) is 0 Å². The summed E-state index contributed by atoms with van der Waals surface area (Å²) in [5, 5.41) is 19.9. The van der Waals surface area contributed by atoms with E-state index in [-0.39, 0.29) is 37.8 Å². The van der Waals surface area contributed by atoms with E-state index in [9.17, 15) is 9.90 Å². The molecule has 2 saturated heterocycles. The molecule has 1 aliphatic carbocycles. The number of carbonyl (C=O) groups is 1. The molecule has 0 aromatic heterocycles. The van der Waals surface area contributed by atoms with Crippen molar-refractivity contribution in [2.24, 2.45) is 5.92 Å². The molecule has 206 valence electrons. The lowest BCUT2D eigenvalue weighted by Gasteiger charge is -2.32. The number of ether oxygens (including phenoxy) is 6. The van der Waals surface area contributed by atoms with E-state index in [4.69, 9.17) is 33.5 Å². The summed E-state index contributed by atoms with van der Waals surface area (Å²) < 4.78 is 36.4. The minimum Gasteiger partial charge on any atom is -0.491 e. The Morgan fingerprint density at radius 2 is 1.76 bits per heavy atom. The van der Waals surface area contributed by atoms with E-state index in [2.05, 4.69) is 0 Å². The topological polar surface area (TPSA) is 113 Å². The van der Waals surface area contributed by atoms with Gasteiger partial charge in [0.2, 0.25) is 0 Å². The van der Waals surface area contributed by atoms with Gasteiger partial charge in [-0.25, -0.2) is 4.79 Å². The molecule has 0 radical (unpaired) electrons. The summed E-state index contributed by atoms with van der Waals surface area (Å²) in [4.78, 5) is 11.0. The quantitative estimate of drug-likeness (QED) is 0.376. The number of para-hydroxylation sites is 1. The Hall–Kier alpha value is -2.01. The number of rotatable bonds is 13. The van der Waals surface area contributed by atoms with Crippen molar-refractivity contribution in [3.8, 4) is 5.75 Å². The van der Waals surface area contributed by atoms with Crippen molar-refractivity contribution in [1.82, 2.24) is 0 Å². The van der Waals surface area contributed by atoms with Crippen molar-refractivity contribution >= 4 is 5.97 Å². The van der Waals surface area contributed by atoms with Crippen LogP contribution in [0.25, 0.3) is 0 Å². The maximum Gasteiger partial charge on any atom is 0.327 e. The minimum atomic E-state index is -1.02. The van der Waals surface area contributed by atoms with Gasteiger partial charge in [0.15, 0.2) is 12.6 Å². The van der Waals surface area contributed by atoms with Gasteiger partial charge in [0.05, 0.1) is 24.9 Å². The van der Waals surface area contributed by atoms with Gasteiger partial charge in [0, 0.05) is 31.6 Å². The average molecular weight is 521 g/mol. The molecule has 9 heteroatoms. The minimum absolute atomic E-state index is 0.217. The van der Waals surface area contributed by atoms with Gasteiger partial charge in [-0.05, 0) is 57.1 Å². The van der Waals surface area contributed by atoms with Crippen LogP contribution in [-0.4, -0.2) is 79.6 Å². The molecular formula is C28H40O9. The molecule has 9 nitrogen and oxygen atoms in total. The van der Waals surface area contributed by atoms with Crippen molar-refractivity contribution in [3.05, 3.63) is 42.5 Å². The first kappa shape index (κ1) is 28.0. The molecule has 1 aromatic rings. The molecule has 37 heavy (non-hydrogen) atoms. The van der Waals surface area contributed by atoms with Crippen molar-refractivity contribution in [3.63, 3.8) is 0 Å². The van der Waals surface area contributed by atoms with Crippen LogP contribution in [0.3, 0.4) is 0 Å². The van der Waals surface area contributed by atoms with E-state index >= 15 is 0 Å². The average Bonchev–Trinajstić information content (AvgIpc) is 3.20. The lowest BCUT2D eigenvalue weighted by molar-refractivity contribution is -0.226. The second kappa shape index (κ2) is 14.8. The van der Waals surface area contributed by atoms with Gasteiger partial charge < -0.3 is 38.6 Å². The highest BCUT2D eigenvalue weighted by molar-refractivity contribution is 5.79. The summed E-state index contributed by atoms with van der Waals surface area (Å²) in [6.45, 7) is 1.82. The first-order chi connectivity index (χ1) is 18.1. The van der Waals surface area contributed by atoms with Crippen molar-refractivity contribution in [2.45, 2.75) is 88.4 Å². The Labute approximate surface area is 218 Å². The smallest absolute Gasteiger partial charge is 0.327 e. The number of hydrogen-bond donors (Lipinski definition) is 2. The van der Waals surface area contributed by atoms with Crippen molar-refractivity contribution in [2.75, 3.05) is 26.4 Å². The first-order valence-corrected chi connectivity index (χ1v) is 13.5. The second-order valence-electron chi connectivity index (χ2n) is 9.89. The summed E-state index contributed by atoms with van der Waals surface area (Å²) in [6.07, 6.45) is 6.61. The molecular weight excluding hydrogens is 480 g/mol. The maximum absolute atomic E-state index is 11.0. The highest BCUT2D eigenvalue weighted by Gasteiger charge is 2.45. The summed E-state index contributed by atoms with van der Waals surface area (Å²) in [5.74, 6) is -0.595. The predicted octanol–water partition coefficient (Wildman–Crippen LogP) is 3.69. The Kier molecular flexibility index (Phi) is 11.2. The van der Waals surface area contributed by atoms with Gasteiger partial charge in [-0.3, -0.25) is 0 Å². The Morgan fingerprint density at radius 1 is 1.03 bits per heavy atom. The van der Waals surface area contributed by atoms with E-state index in [1.54, 1.807) is 6.08 Å². The second-order valence-corrected chi connectivity index (χ2v) is 9.89. The van der Waals surface area contributed by atoms with Crippen LogP contribution in [0.4, 0.5) is 0 Å². The zero-order chi connectivity index (χ0) is 25.9. The molecule has 0 spiro atoms. The van der Waals surface area contributed by atoms with Crippen LogP contribution in [0.2, 0.25) is 0 Å². The molecule has 2 aliphatic heterocycles. The standard InChI is InChI=1S/C28H40O9/c29-23-17-24(37-27-14-5-7-16-33-27)28(22(23)11-8-12-25(30)31)35-19-21(36-26-13-4-6-15-32-26)18-34-20-9-2-1-3-10-20/h1-3,8-10,12,21-24,26-29H,4-7,11,13-19H2,(H,30,31). The number of carboxylic acids is 1. The Morgan fingerprint density at radius 3 is 2.43 bits per heavy atom. The highest BCUT2D eigenvalue weighted by atomic mass is 16.7. The first-order valence-electron chi connectivity index (χ1n) is 13.5. The van der Waals surface area contributed by atoms with Gasteiger partial charge in [0.1, 0.15) is 18.5 Å². The third kappa shape index (κ3) is 9.05. The molecule has 2 N–H and O–H groups in total. The zero-order valence-corrected chi connectivity index (χ0v) is 21.3. The van der Waals surface area contributed by atoms with Gasteiger partial charge in [-0.1, -0.05) is 24.3 Å². The van der Waals surface area contributed by atoms with Crippen LogP contribution in [0, 0.1) is 5.92 Å². The number of carboxylic acid groups (broad SMARTS) is 1. The van der Waals surface area contributed by atoms with E-state index < -0.39 is 24.3 Å². The molecule has 3 aliphatic rings. The fraction of sp³-hybridized carbons (Fsp3) is 0.679. The van der Waals surface area contributed by atoms with Crippen LogP contribution in [0.5, 0.6) is 5.75 Å². The van der Waals surface area contributed by atoms with Crippen LogP contribution in [-0.2, 0) is 28.5 Å². The monoisotopic (exact) mass is 520 g/mol. The van der Waals surface area contributed by atoms with E-state index in [0.717, 1.165) is 50.4 Å². The Balaban J connectivity index is 1.42. The predicted molar refractivity (Wildman–Crippen MR) is 134 cm³/mol. The fourth-order valence-electron chi connectivity index (χ4n) is 5.12. The summed E-state index contributed by atoms with van der Waals surface area (Å²) in [5.41, 5.74) is 0. The number of benzene rings is 1. The fourth-order valence-corrected chi connectivity index (χ4v) is 5.12. The van der Waals surface area contributed by atoms with E-state index in [1.807, 2.05) is 30.3 Å². The van der Waals surface area contributed by atoms with Crippen LogP contribution < -0.4 is 4.74 Å². The molecule has 1 aromatic carbocycles. The van der Waals surface area contributed by atoms with Crippen LogP contribution in [0.1, 0.15) is 51.4 Å². The molecule has 0 amide bonds. The van der Waals surface area contributed by atoms with Crippen LogP contribution in [0.15, 0.2) is 42.5 Å². The zero-order valence-electron chi connectivity index (χ0n) is 21.3. The molecule has 3 fully saturated rings. The normalized spacial score (nSPS) is 31.4. The number of aliphatic hydroxyl groups excluding tert-OH is 1. The number of allylic oxidation sites excluding steroid dienone is 1. The third-order valence-electron chi connectivity index (χ3n) is 7.03. The summed E-state index contributed by atoms with van der Waals surface area (Å²) >= 11 is 0. The molecule has 4 rings (SSSR count). The highest BCUT2D eigenvalue weighted by Crippen LogP contribution is 2.36. The van der Waals surface area contributed by atoms with Crippen molar-refractivity contribution < 1.29 is 43.4 Å². The lowest BCUT2D eigenvalue weighted by atomic mass is 9.98. The van der Waals surface area contributed by atoms with Gasteiger partial charge in [-0.15, -0.1) is 0 Å². The largest absolute Gasteiger partial charge is 0.491 e. The summed E-state index contributed by atoms with van der Waals surface area (Å²) in [7, 11) is 0. The van der Waals surface area contributed by atoms with Crippen LogP contribution >= 0.6 is 0 Å². The van der Waals surface area contributed by atoms with E-state index in [0.29, 0.717) is 26.1 Å². The molecule has 2 heterocycles. The SMILES string of the molecule is O=C(O)C=CCC1C(O)CC(OC2CCCCO2)C1OCC(COc1ccccc1)OC1CCCCO1. The third-order valence-corrected chi connectivity index (χ3v) is 7.03. The number of aliphatic hydroxyl groups is 1. The molecule has 1 saturated carbocycles. The number of aliphatic carboxylic acids is 1. The summed E-state index contributed by atoms with van der Waals surface area (Å²) in [6, 6.07) is 9.54. The Bertz CT molecular complexity index is 820. The molecule has 7 atom stereocenters. The molecule has 0 bridgehead atoms. The number of hydrogen-bond acceptors (Lipinski definition) is 8. The molecule has 7 unspecified atom stereocenters. The lowest BCUT2D eigenvalue weighted by Crippen LogP contribution is -2.40. The van der Waals surface area contributed by atoms with Gasteiger partial charge in [-0.2, -0.15) is 0 Å². The van der Waals surface area contributed by atoms with Gasteiger partial charge >= 0.3 is 5.97 Å². The maximum atomic E-state index is 11.0. The van der Waals surface area contributed by atoms with Crippen molar-refractivity contribution in [1.29, 1.82) is 0 Å². The van der Waals surface area contributed by atoms with E-state index in [1.165, 1.54) is 0 Å².